The molecule has 1 unspecified atom stereocenters. The van der Waals surface area contributed by atoms with E-state index >= 15 is 0 Å². The van der Waals surface area contributed by atoms with Crippen molar-refractivity contribution in [3.8, 4) is 0 Å². The highest BCUT2D eigenvalue weighted by molar-refractivity contribution is 14.1. The van der Waals surface area contributed by atoms with E-state index in [9.17, 15) is 0 Å². The molecule has 0 bridgehead atoms. The summed E-state index contributed by atoms with van der Waals surface area (Å²) in [6.45, 7) is 6.68. The molecule has 0 spiro atoms. The fraction of sp³-hybridized carbons (Fsp3) is 0.500. The molecular formula is C12H17IN2. The molecule has 0 aliphatic carbocycles. The molecule has 3 heteroatoms. The van der Waals surface area contributed by atoms with Gasteiger partial charge in [0.05, 0.1) is 11.4 Å². The number of nitrogens with zero attached hydrogens (tertiary/aromatic N) is 1. The maximum Gasteiger partial charge on any atom is 0.0605 e. The first-order chi connectivity index (χ1) is 7.22. The number of hydrogen-bond donors (Lipinski definition) is 1. The standard InChI is InChI=1S/C12H17IN2/c1-3-15-9(2)6-7-14-11-8-10(13)4-5-12(11)15/h4-5,8-9,14H,3,6-7H2,1-2H3. The molecule has 1 N–H and O–H groups in total. The molecule has 0 fully saturated rings. The van der Waals surface area contributed by atoms with E-state index in [2.05, 4.69) is 64.9 Å². The van der Waals surface area contributed by atoms with Crippen molar-refractivity contribution < 1.29 is 0 Å². The second-order valence-corrected chi connectivity index (χ2v) is 5.26. The van der Waals surface area contributed by atoms with Crippen LogP contribution < -0.4 is 10.2 Å². The van der Waals surface area contributed by atoms with Crippen molar-refractivity contribution in [2.45, 2.75) is 26.3 Å². The van der Waals surface area contributed by atoms with E-state index in [1.165, 1.54) is 21.4 Å². The summed E-state index contributed by atoms with van der Waals surface area (Å²) in [5.74, 6) is 0. The third-order valence-corrected chi connectivity index (χ3v) is 3.69. The van der Waals surface area contributed by atoms with Gasteiger partial charge in [0, 0.05) is 22.7 Å². The summed E-state index contributed by atoms with van der Waals surface area (Å²) in [7, 11) is 0. The van der Waals surface area contributed by atoms with E-state index in [-0.39, 0.29) is 0 Å². The molecule has 0 saturated carbocycles. The molecule has 1 heterocycles. The predicted octanol–water partition coefficient (Wildman–Crippen LogP) is 3.32. The fourth-order valence-electron chi connectivity index (χ4n) is 2.19. The molecule has 0 amide bonds. The monoisotopic (exact) mass is 316 g/mol. The van der Waals surface area contributed by atoms with Gasteiger partial charge in [-0.1, -0.05) is 0 Å². The Morgan fingerprint density at radius 1 is 1.53 bits per heavy atom. The Labute approximate surface area is 105 Å². The van der Waals surface area contributed by atoms with Crippen LogP contribution in [0.25, 0.3) is 0 Å². The van der Waals surface area contributed by atoms with Gasteiger partial charge < -0.3 is 10.2 Å². The minimum Gasteiger partial charge on any atom is -0.383 e. The van der Waals surface area contributed by atoms with Gasteiger partial charge in [-0.3, -0.25) is 0 Å². The average molecular weight is 316 g/mol. The zero-order chi connectivity index (χ0) is 10.8. The Morgan fingerprint density at radius 3 is 3.07 bits per heavy atom. The number of benzene rings is 1. The maximum atomic E-state index is 3.51. The summed E-state index contributed by atoms with van der Waals surface area (Å²) in [6, 6.07) is 7.28. The van der Waals surface area contributed by atoms with Gasteiger partial charge in [0.2, 0.25) is 0 Å². The van der Waals surface area contributed by atoms with E-state index < -0.39 is 0 Å². The number of rotatable bonds is 1. The van der Waals surface area contributed by atoms with Crippen molar-refractivity contribution in [3.63, 3.8) is 0 Å². The van der Waals surface area contributed by atoms with Crippen LogP contribution in [0, 0.1) is 3.57 Å². The molecule has 2 nitrogen and oxygen atoms in total. The van der Waals surface area contributed by atoms with Crippen LogP contribution in [0.5, 0.6) is 0 Å². The minimum absolute atomic E-state index is 0.629. The molecule has 0 saturated heterocycles. The molecule has 0 aromatic heterocycles. The lowest BCUT2D eigenvalue weighted by Gasteiger charge is -2.28. The number of halogens is 1. The number of fused-ring (bicyclic) bond motifs is 1. The molecule has 15 heavy (non-hydrogen) atoms. The van der Waals surface area contributed by atoms with Crippen molar-refractivity contribution in [2.24, 2.45) is 0 Å². The summed E-state index contributed by atoms with van der Waals surface area (Å²) in [5, 5.41) is 3.51. The summed E-state index contributed by atoms with van der Waals surface area (Å²) >= 11 is 2.36. The lowest BCUT2D eigenvalue weighted by molar-refractivity contribution is 0.626. The zero-order valence-electron chi connectivity index (χ0n) is 9.26. The van der Waals surface area contributed by atoms with Crippen LogP contribution in [0.1, 0.15) is 20.3 Å². The van der Waals surface area contributed by atoms with E-state index in [0.29, 0.717) is 6.04 Å². The summed E-state index contributed by atoms with van der Waals surface area (Å²) < 4.78 is 1.30. The first kappa shape index (κ1) is 11.0. The zero-order valence-corrected chi connectivity index (χ0v) is 11.4. The molecule has 1 aromatic carbocycles. The van der Waals surface area contributed by atoms with Crippen LogP contribution in [0.4, 0.5) is 11.4 Å². The number of anilines is 2. The summed E-state index contributed by atoms with van der Waals surface area (Å²) in [5.41, 5.74) is 2.64. The van der Waals surface area contributed by atoms with Crippen LogP contribution in [0.3, 0.4) is 0 Å². The maximum absolute atomic E-state index is 3.51. The minimum atomic E-state index is 0.629. The van der Waals surface area contributed by atoms with Gasteiger partial charge in [-0.15, -0.1) is 0 Å². The molecule has 1 aromatic rings. The second kappa shape index (κ2) is 4.60. The van der Waals surface area contributed by atoms with Crippen molar-refractivity contribution in [1.29, 1.82) is 0 Å². The first-order valence-electron chi connectivity index (χ1n) is 5.52. The Kier molecular flexibility index (Phi) is 3.38. The van der Waals surface area contributed by atoms with Crippen molar-refractivity contribution in [2.75, 3.05) is 23.3 Å². The Bertz CT molecular complexity index is 351. The van der Waals surface area contributed by atoms with E-state index in [4.69, 9.17) is 0 Å². The van der Waals surface area contributed by atoms with Crippen molar-refractivity contribution in [3.05, 3.63) is 21.8 Å². The normalized spacial score (nSPS) is 20.5. The number of hydrogen-bond acceptors (Lipinski definition) is 2. The largest absolute Gasteiger partial charge is 0.383 e. The third-order valence-electron chi connectivity index (χ3n) is 3.02. The number of nitrogens with one attached hydrogen (secondary N) is 1. The molecule has 82 valence electrons. The molecule has 1 aliphatic heterocycles. The van der Waals surface area contributed by atoms with Gasteiger partial charge >= 0.3 is 0 Å². The Hall–Kier alpha value is -0.450. The molecule has 1 atom stereocenters. The summed E-state index contributed by atoms with van der Waals surface area (Å²) in [6.07, 6.45) is 1.21. The fourth-order valence-corrected chi connectivity index (χ4v) is 2.68. The Morgan fingerprint density at radius 2 is 2.33 bits per heavy atom. The quantitative estimate of drug-likeness (QED) is 0.800. The van der Waals surface area contributed by atoms with Gasteiger partial charge in [0.1, 0.15) is 0 Å². The Balaban J connectivity index is 2.43. The predicted molar refractivity (Wildman–Crippen MR) is 74.7 cm³/mol. The average Bonchev–Trinajstić information content (AvgIpc) is 2.36. The second-order valence-electron chi connectivity index (χ2n) is 4.01. The van der Waals surface area contributed by atoms with Crippen LogP contribution in [0.2, 0.25) is 0 Å². The SMILES string of the molecule is CCN1c2ccc(I)cc2NCCC1C. The van der Waals surface area contributed by atoms with E-state index in [1.807, 2.05) is 0 Å². The molecule has 0 radical (unpaired) electrons. The van der Waals surface area contributed by atoms with Gasteiger partial charge in [-0.2, -0.15) is 0 Å². The van der Waals surface area contributed by atoms with Crippen LogP contribution in [-0.2, 0) is 0 Å². The van der Waals surface area contributed by atoms with Gasteiger partial charge in [-0.25, -0.2) is 0 Å². The molecule has 2 rings (SSSR count). The van der Waals surface area contributed by atoms with E-state index in [0.717, 1.165) is 13.1 Å². The topological polar surface area (TPSA) is 15.3 Å². The van der Waals surface area contributed by atoms with Crippen molar-refractivity contribution in [1.82, 2.24) is 0 Å². The third kappa shape index (κ3) is 2.22. The van der Waals surface area contributed by atoms with Crippen LogP contribution in [0.15, 0.2) is 18.2 Å². The van der Waals surface area contributed by atoms with Crippen molar-refractivity contribution >= 4 is 34.0 Å². The summed E-state index contributed by atoms with van der Waals surface area (Å²) in [4.78, 5) is 2.48. The van der Waals surface area contributed by atoms with Crippen LogP contribution in [-0.4, -0.2) is 19.1 Å². The van der Waals surface area contributed by atoms with Gasteiger partial charge in [-0.05, 0) is 61.1 Å². The van der Waals surface area contributed by atoms with Gasteiger partial charge in [0.15, 0.2) is 0 Å². The first-order valence-corrected chi connectivity index (χ1v) is 6.60. The lowest BCUT2D eigenvalue weighted by Crippen LogP contribution is -2.32. The van der Waals surface area contributed by atoms with Crippen LogP contribution >= 0.6 is 22.6 Å². The lowest BCUT2D eigenvalue weighted by atomic mass is 10.2. The highest BCUT2D eigenvalue weighted by Crippen LogP contribution is 2.31. The van der Waals surface area contributed by atoms with E-state index in [1.54, 1.807) is 0 Å². The van der Waals surface area contributed by atoms with Gasteiger partial charge in [0.25, 0.3) is 0 Å². The highest BCUT2D eigenvalue weighted by Gasteiger charge is 2.19. The smallest absolute Gasteiger partial charge is 0.0605 e. The molecule has 1 aliphatic rings. The molecular weight excluding hydrogens is 299 g/mol. The highest BCUT2D eigenvalue weighted by atomic mass is 127.